The zero-order valence-corrected chi connectivity index (χ0v) is 15.2. The second-order valence-corrected chi connectivity index (χ2v) is 7.80. The molecule has 2 heterocycles. The predicted octanol–water partition coefficient (Wildman–Crippen LogP) is 2.85. The minimum Gasteiger partial charge on any atom is -0.480 e. The first-order valence-corrected chi connectivity index (χ1v) is 9.29. The number of halogens is 1. The van der Waals surface area contributed by atoms with Gasteiger partial charge in [-0.05, 0) is 36.3 Å². The lowest BCUT2D eigenvalue weighted by atomic mass is 9.92. The van der Waals surface area contributed by atoms with Gasteiger partial charge >= 0.3 is 5.97 Å². The number of rotatable bonds is 6. The molecule has 6 nitrogen and oxygen atoms in total. The van der Waals surface area contributed by atoms with Crippen molar-refractivity contribution in [3.05, 3.63) is 22.8 Å². The zero-order chi connectivity index (χ0) is 17.7. The summed E-state index contributed by atoms with van der Waals surface area (Å²) in [6.07, 6.45) is 2.15. The van der Waals surface area contributed by atoms with Crippen LogP contribution in [-0.4, -0.2) is 45.6 Å². The molecule has 0 spiro atoms. The van der Waals surface area contributed by atoms with Crippen LogP contribution >= 0.6 is 23.4 Å². The van der Waals surface area contributed by atoms with Crippen LogP contribution in [0.25, 0.3) is 0 Å². The summed E-state index contributed by atoms with van der Waals surface area (Å²) < 4.78 is 5.47. The third-order valence-corrected chi connectivity index (χ3v) is 4.99. The van der Waals surface area contributed by atoms with Crippen molar-refractivity contribution >= 4 is 35.2 Å². The zero-order valence-electron chi connectivity index (χ0n) is 13.7. The van der Waals surface area contributed by atoms with Crippen LogP contribution in [0.15, 0.2) is 12.3 Å². The maximum atomic E-state index is 12.4. The largest absolute Gasteiger partial charge is 0.480 e. The summed E-state index contributed by atoms with van der Waals surface area (Å²) in [6.45, 7) is 4.48. The Balaban J connectivity index is 2.11. The maximum absolute atomic E-state index is 12.4. The lowest BCUT2D eigenvalue weighted by molar-refractivity contribution is -0.144. The Morgan fingerprint density at radius 2 is 2.12 bits per heavy atom. The van der Waals surface area contributed by atoms with Gasteiger partial charge in [0.15, 0.2) is 0 Å². The molecule has 0 aliphatic carbocycles. The van der Waals surface area contributed by atoms with Crippen LogP contribution < -0.4 is 10.1 Å². The van der Waals surface area contributed by atoms with Gasteiger partial charge in [-0.1, -0.05) is 25.4 Å². The molecule has 1 aromatic rings. The van der Waals surface area contributed by atoms with E-state index >= 15 is 0 Å². The number of hydrogen-bond donors (Lipinski definition) is 2. The van der Waals surface area contributed by atoms with E-state index in [2.05, 4.69) is 10.3 Å². The summed E-state index contributed by atoms with van der Waals surface area (Å²) >= 11 is 7.79. The number of amides is 1. The number of ether oxygens (including phenoxy) is 1. The molecule has 1 amide bonds. The first-order valence-electron chi connectivity index (χ1n) is 7.76. The first kappa shape index (κ1) is 18.9. The van der Waals surface area contributed by atoms with E-state index in [1.807, 2.05) is 13.8 Å². The number of nitrogens with zero attached hydrogens (tertiary/aromatic N) is 1. The van der Waals surface area contributed by atoms with Crippen molar-refractivity contribution in [3.63, 3.8) is 0 Å². The molecule has 8 heteroatoms. The monoisotopic (exact) mass is 372 g/mol. The van der Waals surface area contributed by atoms with E-state index in [1.165, 1.54) is 12.3 Å². The highest BCUT2D eigenvalue weighted by atomic mass is 35.5. The van der Waals surface area contributed by atoms with Crippen LogP contribution in [0.1, 0.15) is 37.0 Å². The predicted molar refractivity (Wildman–Crippen MR) is 94.0 cm³/mol. The minimum absolute atomic E-state index is 0.218. The van der Waals surface area contributed by atoms with E-state index in [4.69, 9.17) is 16.3 Å². The molecule has 0 aromatic carbocycles. The second kappa shape index (κ2) is 8.07. The van der Waals surface area contributed by atoms with Crippen molar-refractivity contribution in [2.24, 2.45) is 5.92 Å². The SMILES string of the molecule is CC(C)COc1ncc(C(=O)NC2(C(=O)O)CCSCC2)cc1Cl. The second-order valence-electron chi connectivity index (χ2n) is 6.17. The third-order valence-electron chi connectivity index (χ3n) is 3.73. The van der Waals surface area contributed by atoms with Gasteiger partial charge in [0.2, 0.25) is 5.88 Å². The van der Waals surface area contributed by atoms with Crippen molar-refractivity contribution in [2.45, 2.75) is 32.2 Å². The fourth-order valence-corrected chi connectivity index (χ4v) is 3.71. The third kappa shape index (κ3) is 4.54. The number of aromatic nitrogens is 1. The molecule has 0 unspecified atom stereocenters. The number of pyridine rings is 1. The number of carbonyl (C=O) groups is 2. The number of carboxylic acid groups (broad SMARTS) is 1. The summed E-state index contributed by atoms with van der Waals surface area (Å²) in [5.74, 6) is 0.497. The van der Waals surface area contributed by atoms with Crippen molar-refractivity contribution in [1.82, 2.24) is 10.3 Å². The molecule has 0 saturated carbocycles. The molecule has 1 saturated heterocycles. The molecule has 24 heavy (non-hydrogen) atoms. The Morgan fingerprint density at radius 3 is 2.67 bits per heavy atom. The standard InChI is InChI=1S/C16H21ClN2O4S/c1-10(2)9-23-14-12(17)7-11(8-18-14)13(20)19-16(15(21)22)3-5-24-6-4-16/h7-8,10H,3-6,9H2,1-2H3,(H,19,20)(H,21,22). The van der Waals surface area contributed by atoms with Gasteiger partial charge in [0.25, 0.3) is 5.91 Å². The van der Waals surface area contributed by atoms with Crippen LogP contribution in [0.2, 0.25) is 5.02 Å². The molecule has 1 fully saturated rings. The lowest BCUT2D eigenvalue weighted by Gasteiger charge is -2.33. The average molecular weight is 373 g/mol. The molecule has 132 valence electrons. The van der Waals surface area contributed by atoms with Crippen LogP contribution in [0.5, 0.6) is 5.88 Å². The number of hydrogen-bond acceptors (Lipinski definition) is 5. The molecule has 1 aliphatic rings. The summed E-state index contributed by atoms with van der Waals surface area (Å²) in [5.41, 5.74) is -1.00. The van der Waals surface area contributed by atoms with Crippen LogP contribution in [0.4, 0.5) is 0 Å². The lowest BCUT2D eigenvalue weighted by Crippen LogP contribution is -2.56. The fraction of sp³-hybridized carbons (Fsp3) is 0.562. The Bertz CT molecular complexity index is 618. The van der Waals surface area contributed by atoms with E-state index in [9.17, 15) is 14.7 Å². The first-order chi connectivity index (χ1) is 11.3. The van der Waals surface area contributed by atoms with E-state index in [0.717, 1.165) is 0 Å². The quantitative estimate of drug-likeness (QED) is 0.798. The fourth-order valence-electron chi connectivity index (χ4n) is 2.30. The van der Waals surface area contributed by atoms with E-state index < -0.39 is 17.4 Å². The summed E-state index contributed by atoms with van der Waals surface area (Å²) in [7, 11) is 0. The Morgan fingerprint density at radius 1 is 1.46 bits per heavy atom. The molecule has 0 bridgehead atoms. The molecule has 2 N–H and O–H groups in total. The molecule has 1 aromatic heterocycles. The number of nitrogens with one attached hydrogen (secondary N) is 1. The van der Waals surface area contributed by atoms with E-state index in [0.29, 0.717) is 36.9 Å². The van der Waals surface area contributed by atoms with Gasteiger partial charge in [-0.25, -0.2) is 9.78 Å². The van der Waals surface area contributed by atoms with Crippen molar-refractivity contribution < 1.29 is 19.4 Å². The topological polar surface area (TPSA) is 88.5 Å². The van der Waals surface area contributed by atoms with Gasteiger partial charge in [0, 0.05) is 6.20 Å². The van der Waals surface area contributed by atoms with Gasteiger partial charge in [-0.15, -0.1) is 0 Å². The minimum atomic E-state index is -1.22. The van der Waals surface area contributed by atoms with Gasteiger partial charge in [-0.2, -0.15) is 11.8 Å². The number of carbonyl (C=O) groups excluding carboxylic acids is 1. The summed E-state index contributed by atoms with van der Waals surface area (Å²) in [5, 5.41) is 12.4. The number of thioether (sulfide) groups is 1. The maximum Gasteiger partial charge on any atom is 0.329 e. The molecule has 1 aliphatic heterocycles. The normalized spacial score (nSPS) is 16.7. The molecule has 2 rings (SSSR count). The average Bonchev–Trinajstić information content (AvgIpc) is 2.54. The number of aliphatic carboxylic acids is 1. The molecule has 0 radical (unpaired) electrons. The van der Waals surface area contributed by atoms with Crippen LogP contribution in [0, 0.1) is 5.92 Å². The highest BCUT2D eigenvalue weighted by Crippen LogP contribution is 2.28. The van der Waals surface area contributed by atoms with Crippen molar-refractivity contribution in [3.8, 4) is 5.88 Å². The van der Waals surface area contributed by atoms with Gasteiger partial charge in [-0.3, -0.25) is 4.79 Å². The Labute approximate surface area is 150 Å². The molecule has 0 atom stereocenters. The van der Waals surface area contributed by atoms with Gasteiger partial charge < -0.3 is 15.2 Å². The van der Waals surface area contributed by atoms with Crippen molar-refractivity contribution in [2.75, 3.05) is 18.1 Å². The van der Waals surface area contributed by atoms with Crippen LogP contribution in [0.3, 0.4) is 0 Å². The van der Waals surface area contributed by atoms with Gasteiger partial charge in [0.05, 0.1) is 12.2 Å². The van der Waals surface area contributed by atoms with E-state index in [1.54, 1.807) is 11.8 Å². The van der Waals surface area contributed by atoms with Crippen LogP contribution in [-0.2, 0) is 4.79 Å². The smallest absolute Gasteiger partial charge is 0.329 e. The Hall–Kier alpha value is -1.47. The molecular formula is C16H21ClN2O4S. The van der Waals surface area contributed by atoms with E-state index in [-0.39, 0.29) is 16.5 Å². The van der Waals surface area contributed by atoms with Gasteiger partial charge in [0.1, 0.15) is 10.6 Å². The molecular weight excluding hydrogens is 352 g/mol. The van der Waals surface area contributed by atoms with Crippen molar-refractivity contribution in [1.29, 1.82) is 0 Å². The summed E-state index contributed by atoms with van der Waals surface area (Å²) in [4.78, 5) is 28.1. The number of carboxylic acids is 1. The highest BCUT2D eigenvalue weighted by molar-refractivity contribution is 7.99. The highest BCUT2D eigenvalue weighted by Gasteiger charge is 2.41. The Kier molecular flexibility index (Phi) is 6.34. The summed E-state index contributed by atoms with van der Waals surface area (Å²) in [6, 6.07) is 1.45.